The van der Waals surface area contributed by atoms with Gasteiger partial charge in [-0.05, 0) is 45.6 Å². The van der Waals surface area contributed by atoms with E-state index in [0.717, 1.165) is 33.2 Å². The monoisotopic (exact) mass is 366 g/mol. The third kappa shape index (κ3) is 3.41. The van der Waals surface area contributed by atoms with Crippen LogP contribution in [-0.2, 0) is 6.54 Å². The summed E-state index contributed by atoms with van der Waals surface area (Å²) < 4.78 is 3.02. The number of fused-ring (bicyclic) bond motifs is 1. The third-order valence-corrected chi connectivity index (χ3v) is 7.39. The Morgan fingerprint density at radius 1 is 1.25 bits per heavy atom. The molecule has 2 aromatic rings. The number of thioether (sulfide) groups is 1. The van der Waals surface area contributed by atoms with Crippen molar-refractivity contribution in [3.05, 3.63) is 20.8 Å². The molecule has 0 unspecified atom stereocenters. The molecule has 2 aromatic heterocycles. The Morgan fingerprint density at radius 2 is 1.96 bits per heavy atom. The number of hydrogen-bond acceptors (Lipinski definition) is 4. The molecule has 1 aliphatic rings. The molecular formula is C18H28N3OS2+. The molecule has 0 bridgehead atoms. The van der Waals surface area contributed by atoms with E-state index in [1.165, 1.54) is 41.7 Å². The molecule has 4 nitrogen and oxygen atoms in total. The number of aromatic nitrogens is 2. The van der Waals surface area contributed by atoms with E-state index in [1.807, 2.05) is 18.4 Å². The molecule has 0 amide bonds. The third-order valence-electron chi connectivity index (χ3n) is 5.33. The van der Waals surface area contributed by atoms with E-state index < -0.39 is 0 Å². The average Bonchev–Trinajstić information content (AvgIpc) is 2.83. The van der Waals surface area contributed by atoms with Gasteiger partial charge in [-0.1, -0.05) is 11.8 Å². The summed E-state index contributed by atoms with van der Waals surface area (Å²) in [4.78, 5) is 19.8. The molecule has 3 heterocycles. The van der Waals surface area contributed by atoms with E-state index in [0.29, 0.717) is 6.54 Å². The van der Waals surface area contributed by atoms with Gasteiger partial charge in [-0.2, -0.15) is 0 Å². The average molecular weight is 367 g/mol. The van der Waals surface area contributed by atoms with Gasteiger partial charge in [0.05, 0.1) is 37.8 Å². The Bertz CT molecular complexity index is 788. The Labute approximate surface area is 152 Å². The Hall–Kier alpha value is -0.850. The zero-order chi connectivity index (χ0) is 17.3. The van der Waals surface area contributed by atoms with Crippen molar-refractivity contribution in [3.63, 3.8) is 0 Å². The van der Waals surface area contributed by atoms with Gasteiger partial charge in [0.15, 0.2) is 5.16 Å². The first-order valence-electron chi connectivity index (χ1n) is 8.92. The lowest BCUT2D eigenvalue weighted by atomic mass is 10.1. The highest BCUT2D eigenvalue weighted by molar-refractivity contribution is 7.99. The van der Waals surface area contributed by atoms with Crippen molar-refractivity contribution in [2.24, 2.45) is 0 Å². The number of hydrogen-bond donors (Lipinski definition) is 0. The summed E-state index contributed by atoms with van der Waals surface area (Å²) in [5.74, 6) is 1.03. The van der Waals surface area contributed by atoms with E-state index in [9.17, 15) is 4.79 Å². The standard InChI is InChI=1S/C18H28N3OS2/c1-5-20-17(22)15-13(2)14(3)24-16(15)19-18(20)23-12-11-21(4)9-7-6-8-10-21/h5-12H2,1-4H3/q+1. The van der Waals surface area contributed by atoms with Gasteiger partial charge in [0.1, 0.15) is 4.83 Å². The van der Waals surface area contributed by atoms with Crippen LogP contribution in [0.1, 0.15) is 36.6 Å². The van der Waals surface area contributed by atoms with Gasteiger partial charge >= 0.3 is 0 Å². The first-order chi connectivity index (χ1) is 11.4. The summed E-state index contributed by atoms with van der Waals surface area (Å²) in [5, 5.41) is 1.71. The van der Waals surface area contributed by atoms with Crippen LogP contribution in [0.4, 0.5) is 0 Å². The molecule has 1 saturated heterocycles. The summed E-state index contributed by atoms with van der Waals surface area (Å²) in [6.07, 6.45) is 4.07. The minimum atomic E-state index is 0.130. The maximum absolute atomic E-state index is 12.9. The fourth-order valence-electron chi connectivity index (χ4n) is 3.55. The smallest absolute Gasteiger partial charge is 0.263 e. The molecule has 0 N–H and O–H groups in total. The summed E-state index contributed by atoms with van der Waals surface area (Å²) >= 11 is 3.40. The summed E-state index contributed by atoms with van der Waals surface area (Å²) in [6.45, 7) is 10.6. The molecule has 1 fully saturated rings. The van der Waals surface area contributed by atoms with Crippen LogP contribution in [0.3, 0.4) is 0 Å². The van der Waals surface area contributed by atoms with Crippen molar-refractivity contribution >= 4 is 33.3 Å². The maximum Gasteiger partial charge on any atom is 0.263 e. The Balaban J connectivity index is 1.82. The minimum Gasteiger partial charge on any atom is -0.325 e. The van der Waals surface area contributed by atoms with Crippen molar-refractivity contribution in [3.8, 4) is 0 Å². The molecule has 0 aliphatic carbocycles. The fraction of sp³-hybridized carbons (Fsp3) is 0.667. The highest BCUT2D eigenvalue weighted by Crippen LogP contribution is 2.28. The topological polar surface area (TPSA) is 34.9 Å². The number of thiophene rings is 1. The van der Waals surface area contributed by atoms with Crippen LogP contribution >= 0.6 is 23.1 Å². The van der Waals surface area contributed by atoms with Crippen LogP contribution in [-0.4, -0.2) is 46.5 Å². The molecule has 0 aromatic carbocycles. The molecule has 1 aliphatic heterocycles. The van der Waals surface area contributed by atoms with E-state index in [4.69, 9.17) is 4.98 Å². The summed E-state index contributed by atoms with van der Waals surface area (Å²) in [5.41, 5.74) is 1.22. The zero-order valence-electron chi connectivity index (χ0n) is 15.2. The maximum atomic E-state index is 12.9. The fourth-order valence-corrected chi connectivity index (χ4v) is 5.87. The summed E-state index contributed by atoms with van der Waals surface area (Å²) in [7, 11) is 2.37. The molecular weight excluding hydrogens is 338 g/mol. The first kappa shape index (κ1) is 18.0. The number of piperidine rings is 1. The van der Waals surface area contributed by atoms with Crippen LogP contribution < -0.4 is 5.56 Å². The highest BCUT2D eigenvalue weighted by atomic mass is 32.2. The van der Waals surface area contributed by atoms with Gasteiger partial charge in [-0.25, -0.2) is 4.98 Å². The van der Waals surface area contributed by atoms with Crippen LogP contribution in [0.15, 0.2) is 9.95 Å². The molecule has 0 spiro atoms. The van der Waals surface area contributed by atoms with E-state index >= 15 is 0 Å². The number of rotatable bonds is 5. The molecule has 0 saturated carbocycles. The van der Waals surface area contributed by atoms with Gasteiger partial charge in [0, 0.05) is 11.4 Å². The van der Waals surface area contributed by atoms with Crippen LogP contribution in [0.5, 0.6) is 0 Å². The second-order valence-corrected chi connectivity index (χ2v) is 9.37. The molecule has 3 rings (SSSR count). The van der Waals surface area contributed by atoms with Gasteiger partial charge in [-0.3, -0.25) is 9.36 Å². The minimum absolute atomic E-state index is 0.130. The molecule has 0 radical (unpaired) electrons. The van der Waals surface area contributed by atoms with Crippen molar-refractivity contribution in [2.75, 3.05) is 32.4 Å². The van der Waals surface area contributed by atoms with Gasteiger partial charge in [-0.15, -0.1) is 11.3 Å². The van der Waals surface area contributed by atoms with Gasteiger partial charge < -0.3 is 4.48 Å². The van der Waals surface area contributed by atoms with Crippen LogP contribution in [0.2, 0.25) is 0 Å². The summed E-state index contributed by atoms with van der Waals surface area (Å²) in [6, 6.07) is 0. The normalized spacial score (nSPS) is 17.5. The quantitative estimate of drug-likeness (QED) is 0.458. The van der Waals surface area contributed by atoms with E-state index in [1.54, 1.807) is 23.1 Å². The van der Waals surface area contributed by atoms with E-state index in [2.05, 4.69) is 14.0 Å². The lowest BCUT2D eigenvalue weighted by Gasteiger charge is -2.37. The lowest BCUT2D eigenvalue weighted by Crippen LogP contribution is -2.49. The van der Waals surface area contributed by atoms with Crippen molar-refractivity contribution in [2.45, 2.75) is 51.7 Å². The predicted octanol–water partition coefficient (Wildman–Crippen LogP) is 3.82. The number of likely N-dealkylation sites (tertiary alicyclic amines) is 1. The number of quaternary nitrogens is 1. The Kier molecular flexibility index (Phi) is 5.37. The Morgan fingerprint density at radius 3 is 2.62 bits per heavy atom. The number of aryl methyl sites for hydroxylation is 2. The van der Waals surface area contributed by atoms with Crippen molar-refractivity contribution in [1.29, 1.82) is 0 Å². The second kappa shape index (κ2) is 7.18. The SMILES string of the molecule is CCn1c(SCC[N+]2(C)CCCCC2)nc2sc(C)c(C)c2c1=O. The van der Waals surface area contributed by atoms with E-state index in [-0.39, 0.29) is 5.56 Å². The second-order valence-electron chi connectivity index (χ2n) is 7.11. The lowest BCUT2D eigenvalue weighted by molar-refractivity contribution is -0.911. The van der Waals surface area contributed by atoms with Crippen molar-refractivity contribution in [1.82, 2.24) is 9.55 Å². The number of nitrogens with zero attached hydrogens (tertiary/aromatic N) is 3. The van der Waals surface area contributed by atoms with Gasteiger partial charge in [0.25, 0.3) is 5.56 Å². The zero-order valence-corrected chi connectivity index (χ0v) is 16.9. The van der Waals surface area contributed by atoms with Crippen LogP contribution in [0.25, 0.3) is 10.2 Å². The largest absolute Gasteiger partial charge is 0.325 e. The molecule has 6 heteroatoms. The van der Waals surface area contributed by atoms with Crippen LogP contribution in [0, 0.1) is 13.8 Å². The first-order valence-corrected chi connectivity index (χ1v) is 10.7. The molecule has 0 atom stereocenters. The molecule has 24 heavy (non-hydrogen) atoms. The molecule has 132 valence electrons. The highest BCUT2D eigenvalue weighted by Gasteiger charge is 2.24. The van der Waals surface area contributed by atoms with Crippen molar-refractivity contribution < 1.29 is 4.48 Å². The van der Waals surface area contributed by atoms with Gasteiger partial charge in [0.2, 0.25) is 0 Å². The predicted molar refractivity (Wildman–Crippen MR) is 104 cm³/mol.